The Bertz CT molecular complexity index is 136. The number of hydrogen-bond donors (Lipinski definition) is 2. The number of β-amino-alcohol motifs (C(OH)–C–C–N with tert-alkyl or cyclic N) is 2. The molecule has 0 bridgehead atoms. The number of aliphatic hydroxyl groups is 2. The predicted molar refractivity (Wildman–Crippen MR) is 38.2 cm³/mol. The fraction of sp³-hybridized carbons (Fsp3) is 1.00. The van der Waals surface area contributed by atoms with E-state index in [1.54, 1.807) is 0 Å². The third-order valence-electron chi connectivity index (χ3n) is 2.20. The molecule has 0 saturated carbocycles. The first-order chi connectivity index (χ1) is 5.25. The summed E-state index contributed by atoms with van der Waals surface area (Å²) >= 11 is 0. The summed E-state index contributed by atoms with van der Waals surface area (Å²) < 4.78 is 5.04. The lowest BCUT2D eigenvalue weighted by atomic mass is 10.3. The van der Waals surface area contributed by atoms with Crippen molar-refractivity contribution in [2.45, 2.75) is 18.3 Å². The zero-order chi connectivity index (χ0) is 7.84. The van der Waals surface area contributed by atoms with Gasteiger partial charge in [-0.25, -0.2) is 0 Å². The molecule has 0 spiro atoms. The van der Waals surface area contributed by atoms with Crippen LogP contribution in [0.4, 0.5) is 0 Å². The van der Waals surface area contributed by atoms with Crippen LogP contribution in [0.2, 0.25) is 0 Å². The Hall–Kier alpha value is -0.160. The second-order valence-corrected chi connectivity index (χ2v) is 3.31. The zero-order valence-electron chi connectivity index (χ0n) is 6.31. The fourth-order valence-corrected chi connectivity index (χ4v) is 1.46. The molecule has 0 radical (unpaired) electrons. The Labute approximate surface area is 65.4 Å². The monoisotopic (exact) mass is 159 g/mol. The van der Waals surface area contributed by atoms with Crippen molar-refractivity contribution in [3.8, 4) is 0 Å². The molecule has 2 rings (SSSR count). The molecule has 0 aliphatic carbocycles. The van der Waals surface area contributed by atoms with Gasteiger partial charge < -0.3 is 14.9 Å². The maximum atomic E-state index is 9.17. The van der Waals surface area contributed by atoms with Gasteiger partial charge in [-0.15, -0.1) is 0 Å². The van der Waals surface area contributed by atoms with Crippen molar-refractivity contribution in [1.82, 2.24) is 4.90 Å². The lowest BCUT2D eigenvalue weighted by molar-refractivity contribution is 0.0572. The van der Waals surface area contributed by atoms with Crippen molar-refractivity contribution in [1.29, 1.82) is 0 Å². The lowest BCUT2D eigenvalue weighted by Crippen LogP contribution is -2.26. The Morgan fingerprint density at radius 2 is 1.82 bits per heavy atom. The molecule has 2 unspecified atom stereocenters. The SMILES string of the molecule is OC1CN(C[C@@H]2CO2)CC1O. The average molecular weight is 159 g/mol. The highest BCUT2D eigenvalue weighted by Crippen LogP contribution is 2.15. The molecule has 4 nitrogen and oxygen atoms in total. The van der Waals surface area contributed by atoms with E-state index in [4.69, 9.17) is 14.9 Å². The summed E-state index contributed by atoms with van der Waals surface area (Å²) in [6.45, 7) is 2.86. The number of hydrogen-bond acceptors (Lipinski definition) is 4. The van der Waals surface area contributed by atoms with Crippen LogP contribution in [0, 0.1) is 0 Å². The number of likely N-dealkylation sites (tertiary alicyclic amines) is 1. The molecule has 2 fully saturated rings. The quantitative estimate of drug-likeness (QED) is 0.478. The fourth-order valence-electron chi connectivity index (χ4n) is 1.46. The summed E-state index contributed by atoms with van der Waals surface area (Å²) in [6, 6.07) is 0. The summed E-state index contributed by atoms with van der Waals surface area (Å²) in [5.41, 5.74) is 0. The summed E-state index contributed by atoms with van der Waals surface area (Å²) in [4.78, 5) is 2.03. The van der Waals surface area contributed by atoms with E-state index in [0.717, 1.165) is 13.2 Å². The Morgan fingerprint density at radius 3 is 2.27 bits per heavy atom. The van der Waals surface area contributed by atoms with Crippen LogP contribution in [-0.4, -0.2) is 59.7 Å². The number of ether oxygens (including phenoxy) is 1. The molecule has 3 atom stereocenters. The van der Waals surface area contributed by atoms with Crippen molar-refractivity contribution >= 4 is 0 Å². The third kappa shape index (κ3) is 1.70. The van der Waals surface area contributed by atoms with Crippen LogP contribution >= 0.6 is 0 Å². The standard InChI is InChI=1S/C7H13NO3/c9-6-2-8(3-7(6)10)1-5-4-11-5/h5-7,9-10H,1-4H2/t5-,6?,7?/m1/s1. The maximum absolute atomic E-state index is 9.17. The molecular weight excluding hydrogens is 146 g/mol. The summed E-state index contributed by atoms with van der Waals surface area (Å²) in [7, 11) is 0. The van der Waals surface area contributed by atoms with Gasteiger partial charge in [-0.3, -0.25) is 4.90 Å². The molecule has 0 amide bonds. The molecule has 2 heterocycles. The van der Waals surface area contributed by atoms with E-state index < -0.39 is 12.2 Å². The van der Waals surface area contributed by atoms with Crippen molar-refractivity contribution in [3.63, 3.8) is 0 Å². The average Bonchev–Trinajstić information content (AvgIpc) is 2.65. The summed E-state index contributed by atoms with van der Waals surface area (Å²) in [5, 5.41) is 18.3. The molecule has 2 N–H and O–H groups in total. The van der Waals surface area contributed by atoms with Crippen molar-refractivity contribution < 1.29 is 14.9 Å². The molecule has 2 saturated heterocycles. The minimum Gasteiger partial charge on any atom is -0.389 e. The third-order valence-corrected chi connectivity index (χ3v) is 2.20. The van der Waals surface area contributed by atoms with E-state index in [0.29, 0.717) is 19.2 Å². The van der Waals surface area contributed by atoms with Crippen LogP contribution in [0.5, 0.6) is 0 Å². The Kier molecular flexibility index (Phi) is 1.85. The van der Waals surface area contributed by atoms with Crippen LogP contribution in [0.3, 0.4) is 0 Å². The van der Waals surface area contributed by atoms with Gasteiger partial charge in [0.15, 0.2) is 0 Å². The first kappa shape index (κ1) is 7.49. The first-order valence-electron chi connectivity index (χ1n) is 3.96. The van der Waals surface area contributed by atoms with E-state index in [1.165, 1.54) is 0 Å². The number of rotatable bonds is 2. The molecule has 0 aromatic carbocycles. The zero-order valence-corrected chi connectivity index (χ0v) is 6.31. The number of aliphatic hydroxyl groups excluding tert-OH is 2. The van der Waals surface area contributed by atoms with Crippen LogP contribution in [0.25, 0.3) is 0 Å². The van der Waals surface area contributed by atoms with Gasteiger partial charge in [-0.05, 0) is 0 Å². The van der Waals surface area contributed by atoms with Gasteiger partial charge >= 0.3 is 0 Å². The molecule has 64 valence electrons. The number of epoxide rings is 1. The molecule has 11 heavy (non-hydrogen) atoms. The van der Waals surface area contributed by atoms with Gasteiger partial charge in [0, 0.05) is 19.6 Å². The highest BCUT2D eigenvalue weighted by atomic mass is 16.6. The van der Waals surface area contributed by atoms with E-state index in [-0.39, 0.29) is 0 Å². The highest BCUT2D eigenvalue weighted by Gasteiger charge is 2.33. The summed E-state index contributed by atoms with van der Waals surface area (Å²) in [5.74, 6) is 0. The summed E-state index contributed by atoms with van der Waals surface area (Å²) in [6.07, 6.45) is -0.769. The van der Waals surface area contributed by atoms with Gasteiger partial charge in [-0.1, -0.05) is 0 Å². The normalized spacial score (nSPS) is 44.7. The lowest BCUT2D eigenvalue weighted by Gasteiger charge is -2.11. The van der Waals surface area contributed by atoms with Gasteiger partial charge in [0.05, 0.1) is 24.9 Å². The van der Waals surface area contributed by atoms with Crippen molar-refractivity contribution in [2.24, 2.45) is 0 Å². The molecule has 2 aliphatic heterocycles. The first-order valence-corrected chi connectivity index (χ1v) is 3.96. The molecule has 0 aromatic heterocycles. The van der Waals surface area contributed by atoms with E-state index in [1.807, 2.05) is 4.90 Å². The largest absolute Gasteiger partial charge is 0.389 e. The second kappa shape index (κ2) is 2.71. The van der Waals surface area contributed by atoms with E-state index in [2.05, 4.69) is 0 Å². The van der Waals surface area contributed by atoms with Crippen LogP contribution in [0.1, 0.15) is 0 Å². The smallest absolute Gasteiger partial charge is 0.0938 e. The van der Waals surface area contributed by atoms with Gasteiger partial charge in [0.1, 0.15) is 0 Å². The Balaban J connectivity index is 1.78. The van der Waals surface area contributed by atoms with Gasteiger partial charge in [-0.2, -0.15) is 0 Å². The maximum Gasteiger partial charge on any atom is 0.0938 e. The molecular formula is C7H13NO3. The molecule has 4 heteroatoms. The van der Waals surface area contributed by atoms with Gasteiger partial charge in [0.25, 0.3) is 0 Å². The Morgan fingerprint density at radius 1 is 1.27 bits per heavy atom. The molecule has 0 aromatic rings. The number of nitrogens with zero attached hydrogens (tertiary/aromatic N) is 1. The van der Waals surface area contributed by atoms with Gasteiger partial charge in [0.2, 0.25) is 0 Å². The van der Waals surface area contributed by atoms with Crippen molar-refractivity contribution in [2.75, 3.05) is 26.2 Å². The highest BCUT2D eigenvalue weighted by molar-refractivity contribution is 4.86. The van der Waals surface area contributed by atoms with Crippen LogP contribution < -0.4 is 0 Å². The van der Waals surface area contributed by atoms with Crippen LogP contribution in [-0.2, 0) is 4.74 Å². The van der Waals surface area contributed by atoms with Crippen molar-refractivity contribution in [3.05, 3.63) is 0 Å². The minimum absolute atomic E-state index is 0.354. The topological polar surface area (TPSA) is 56.2 Å². The van der Waals surface area contributed by atoms with E-state index in [9.17, 15) is 0 Å². The predicted octanol–water partition coefficient (Wildman–Crippen LogP) is -1.58. The minimum atomic E-state index is -0.561. The van der Waals surface area contributed by atoms with E-state index >= 15 is 0 Å². The second-order valence-electron chi connectivity index (χ2n) is 3.31. The van der Waals surface area contributed by atoms with Crippen LogP contribution in [0.15, 0.2) is 0 Å². The molecule has 2 aliphatic rings.